The predicted molar refractivity (Wildman–Crippen MR) is 94.3 cm³/mol. The van der Waals surface area contributed by atoms with Gasteiger partial charge in [0.1, 0.15) is 0 Å². The molecule has 0 aliphatic heterocycles. The fourth-order valence-corrected chi connectivity index (χ4v) is 2.21. The monoisotopic (exact) mass is 318 g/mol. The van der Waals surface area contributed by atoms with E-state index in [9.17, 15) is 4.79 Å². The van der Waals surface area contributed by atoms with E-state index in [-0.39, 0.29) is 18.3 Å². The highest BCUT2D eigenvalue weighted by Crippen LogP contribution is 2.08. The summed E-state index contributed by atoms with van der Waals surface area (Å²) < 4.78 is 0. The quantitative estimate of drug-likeness (QED) is 0.838. The number of nitrogens with zero attached hydrogens (tertiary/aromatic N) is 1. The molecule has 22 heavy (non-hydrogen) atoms. The lowest BCUT2D eigenvalue weighted by Crippen LogP contribution is -2.35. The zero-order chi connectivity index (χ0) is 14.9. The van der Waals surface area contributed by atoms with E-state index in [0.717, 1.165) is 18.7 Å². The summed E-state index contributed by atoms with van der Waals surface area (Å²) in [4.78, 5) is 14.3. The Morgan fingerprint density at radius 1 is 1.00 bits per heavy atom. The molecule has 2 rings (SSSR count). The number of hydrogen-bond donors (Lipinski definition) is 1. The maximum Gasteiger partial charge on any atom is 0.242 e. The third-order valence-corrected chi connectivity index (χ3v) is 3.28. The van der Waals surface area contributed by atoms with E-state index in [1.807, 2.05) is 53.4 Å². The van der Waals surface area contributed by atoms with Crippen molar-refractivity contribution in [3.63, 3.8) is 0 Å². The van der Waals surface area contributed by atoms with Crippen molar-refractivity contribution < 1.29 is 4.79 Å². The van der Waals surface area contributed by atoms with Crippen LogP contribution in [0.4, 0.5) is 5.69 Å². The molecule has 0 aliphatic carbocycles. The van der Waals surface area contributed by atoms with Gasteiger partial charge in [-0.3, -0.25) is 4.79 Å². The van der Waals surface area contributed by atoms with E-state index < -0.39 is 0 Å². The van der Waals surface area contributed by atoms with E-state index in [1.54, 1.807) is 0 Å². The van der Waals surface area contributed by atoms with Crippen LogP contribution in [0.3, 0.4) is 0 Å². The van der Waals surface area contributed by atoms with Gasteiger partial charge in [-0.2, -0.15) is 0 Å². The predicted octanol–water partition coefficient (Wildman–Crippen LogP) is 3.96. The van der Waals surface area contributed by atoms with Gasteiger partial charge in [-0.05, 0) is 24.1 Å². The summed E-state index contributed by atoms with van der Waals surface area (Å²) in [6, 6.07) is 19.9. The van der Waals surface area contributed by atoms with Crippen molar-refractivity contribution in [2.45, 2.75) is 19.9 Å². The van der Waals surface area contributed by atoms with Gasteiger partial charge in [0.25, 0.3) is 0 Å². The third kappa shape index (κ3) is 5.78. The first-order valence-corrected chi connectivity index (χ1v) is 7.40. The second-order valence-electron chi connectivity index (χ2n) is 5.02. The second-order valence-corrected chi connectivity index (χ2v) is 5.02. The van der Waals surface area contributed by atoms with Gasteiger partial charge in [-0.25, -0.2) is 0 Å². The van der Waals surface area contributed by atoms with E-state index >= 15 is 0 Å². The Hall–Kier alpha value is -2.00. The van der Waals surface area contributed by atoms with Gasteiger partial charge in [0, 0.05) is 18.8 Å². The second kappa shape index (κ2) is 9.85. The van der Waals surface area contributed by atoms with Crippen LogP contribution in [0.15, 0.2) is 60.7 Å². The average molecular weight is 319 g/mol. The van der Waals surface area contributed by atoms with Gasteiger partial charge < -0.3 is 10.2 Å². The molecule has 0 radical (unpaired) electrons. The van der Waals surface area contributed by atoms with Crippen molar-refractivity contribution in [3.05, 3.63) is 66.2 Å². The van der Waals surface area contributed by atoms with Crippen LogP contribution in [0.1, 0.15) is 18.9 Å². The standard InChI is InChI=1S/C18H22N2O.ClH/c1-2-13-20(15-16-9-5-3-6-10-16)18(21)14-19-17-11-7-4-8-12-17;/h3-12,19H,2,13-15H2,1H3;1H. The van der Waals surface area contributed by atoms with E-state index in [0.29, 0.717) is 13.1 Å². The molecule has 4 heteroatoms. The van der Waals surface area contributed by atoms with Crippen molar-refractivity contribution in [2.75, 3.05) is 18.4 Å². The molecule has 1 N–H and O–H groups in total. The van der Waals surface area contributed by atoms with E-state index in [2.05, 4.69) is 24.4 Å². The molecule has 2 aromatic rings. The maximum atomic E-state index is 12.4. The summed E-state index contributed by atoms with van der Waals surface area (Å²) in [5.74, 6) is 0.129. The van der Waals surface area contributed by atoms with E-state index in [1.165, 1.54) is 5.56 Å². The lowest BCUT2D eigenvalue weighted by atomic mass is 10.2. The molecule has 0 saturated carbocycles. The van der Waals surface area contributed by atoms with Crippen molar-refractivity contribution >= 4 is 24.0 Å². The summed E-state index contributed by atoms with van der Waals surface area (Å²) >= 11 is 0. The van der Waals surface area contributed by atoms with Gasteiger partial charge in [0.05, 0.1) is 6.54 Å². The molecule has 0 bridgehead atoms. The van der Waals surface area contributed by atoms with Crippen LogP contribution in [0.2, 0.25) is 0 Å². The molecule has 0 aromatic heterocycles. The Morgan fingerprint density at radius 3 is 2.18 bits per heavy atom. The Bertz CT molecular complexity index is 546. The molecular formula is C18H23ClN2O. The number of benzene rings is 2. The Balaban J connectivity index is 0.00000242. The van der Waals surface area contributed by atoms with Crippen LogP contribution in [-0.4, -0.2) is 23.9 Å². The van der Waals surface area contributed by atoms with Crippen LogP contribution in [-0.2, 0) is 11.3 Å². The minimum Gasteiger partial charge on any atom is -0.376 e. The zero-order valence-corrected chi connectivity index (χ0v) is 13.7. The Labute approximate surface area is 138 Å². The molecule has 0 fully saturated rings. The van der Waals surface area contributed by atoms with Gasteiger partial charge in [0.15, 0.2) is 0 Å². The van der Waals surface area contributed by atoms with Crippen LogP contribution in [0.5, 0.6) is 0 Å². The molecular weight excluding hydrogens is 296 g/mol. The Morgan fingerprint density at radius 2 is 1.59 bits per heavy atom. The highest BCUT2D eigenvalue weighted by atomic mass is 35.5. The zero-order valence-electron chi connectivity index (χ0n) is 12.9. The number of carbonyl (C=O) groups excluding carboxylic acids is 1. The maximum absolute atomic E-state index is 12.4. The number of nitrogens with one attached hydrogen (secondary N) is 1. The minimum atomic E-state index is 0. The largest absolute Gasteiger partial charge is 0.376 e. The van der Waals surface area contributed by atoms with Crippen molar-refractivity contribution in [3.8, 4) is 0 Å². The smallest absolute Gasteiger partial charge is 0.242 e. The summed E-state index contributed by atoms with van der Waals surface area (Å²) in [5.41, 5.74) is 2.14. The fraction of sp³-hybridized carbons (Fsp3) is 0.278. The molecule has 0 aliphatic rings. The van der Waals surface area contributed by atoms with Gasteiger partial charge in [-0.15, -0.1) is 12.4 Å². The lowest BCUT2D eigenvalue weighted by Gasteiger charge is -2.22. The molecule has 0 spiro atoms. The topological polar surface area (TPSA) is 32.3 Å². The summed E-state index contributed by atoms with van der Waals surface area (Å²) in [7, 11) is 0. The highest BCUT2D eigenvalue weighted by Gasteiger charge is 2.12. The van der Waals surface area contributed by atoms with Crippen LogP contribution in [0.25, 0.3) is 0 Å². The van der Waals surface area contributed by atoms with Crippen molar-refractivity contribution in [1.82, 2.24) is 4.90 Å². The normalized spacial score (nSPS) is 9.68. The molecule has 0 saturated heterocycles. The van der Waals surface area contributed by atoms with E-state index in [4.69, 9.17) is 0 Å². The van der Waals surface area contributed by atoms with Crippen LogP contribution < -0.4 is 5.32 Å². The minimum absolute atomic E-state index is 0. The number of amides is 1. The number of hydrogen-bond acceptors (Lipinski definition) is 2. The van der Waals surface area contributed by atoms with Crippen molar-refractivity contribution in [2.24, 2.45) is 0 Å². The number of anilines is 1. The fourth-order valence-electron chi connectivity index (χ4n) is 2.21. The summed E-state index contributed by atoms with van der Waals surface area (Å²) in [6.45, 7) is 3.88. The highest BCUT2D eigenvalue weighted by molar-refractivity contribution is 5.85. The molecule has 0 unspecified atom stereocenters. The molecule has 2 aromatic carbocycles. The number of halogens is 1. The number of carbonyl (C=O) groups is 1. The molecule has 3 nitrogen and oxygen atoms in total. The number of rotatable bonds is 7. The molecule has 0 atom stereocenters. The van der Waals surface area contributed by atoms with Gasteiger partial charge in [-0.1, -0.05) is 55.5 Å². The molecule has 1 amide bonds. The van der Waals surface area contributed by atoms with Crippen molar-refractivity contribution in [1.29, 1.82) is 0 Å². The first-order valence-electron chi connectivity index (χ1n) is 7.40. The third-order valence-electron chi connectivity index (χ3n) is 3.28. The van der Waals surface area contributed by atoms with Crippen LogP contribution >= 0.6 is 12.4 Å². The average Bonchev–Trinajstić information content (AvgIpc) is 2.54. The summed E-state index contributed by atoms with van der Waals surface area (Å²) in [5, 5.41) is 3.18. The van der Waals surface area contributed by atoms with Gasteiger partial charge in [0.2, 0.25) is 5.91 Å². The molecule has 118 valence electrons. The number of para-hydroxylation sites is 1. The van der Waals surface area contributed by atoms with Crippen LogP contribution in [0, 0.1) is 0 Å². The SMILES string of the molecule is CCCN(Cc1ccccc1)C(=O)CNc1ccccc1.Cl. The molecule has 0 heterocycles. The first kappa shape index (κ1) is 18.1. The first-order chi connectivity index (χ1) is 10.3. The van der Waals surface area contributed by atoms with Gasteiger partial charge >= 0.3 is 0 Å². The Kier molecular flexibility index (Phi) is 8.08. The lowest BCUT2D eigenvalue weighted by molar-refractivity contribution is -0.129. The summed E-state index contributed by atoms with van der Waals surface area (Å²) in [6.07, 6.45) is 0.962.